The van der Waals surface area contributed by atoms with E-state index in [1.807, 2.05) is 0 Å². The lowest BCUT2D eigenvalue weighted by atomic mass is 9.83. The fraction of sp³-hybridized carbons (Fsp3) is 0.474. The lowest BCUT2D eigenvalue weighted by Gasteiger charge is -2.24. The van der Waals surface area contributed by atoms with Crippen molar-refractivity contribution >= 4 is 6.08 Å². The molecule has 0 atom stereocenters. The molecule has 0 heterocycles. The molecule has 1 N–H and O–H groups in total. The minimum atomic E-state index is 0.795. The van der Waals surface area contributed by atoms with Crippen molar-refractivity contribution in [1.29, 1.82) is 0 Å². The van der Waals surface area contributed by atoms with Gasteiger partial charge in [-0.25, -0.2) is 0 Å². The highest BCUT2D eigenvalue weighted by Crippen LogP contribution is 2.29. The first-order chi connectivity index (χ1) is 9.90. The van der Waals surface area contributed by atoms with E-state index in [4.69, 9.17) is 0 Å². The van der Waals surface area contributed by atoms with Crippen LogP contribution in [0.2, 0.25) is 0 Å². The molecule has 1 fully saturated rings. The van der Waals surface area contributed by atoms with Gasteiger partial charge in [-0.2, -0.15) is 0 Å². The maximum absolute atomic E-state index is 3.49. The number of allylic oxidation sites excluding steroid dienone is 2. The minimum Gasteiger partial charge on any atom is -0.313 e. The van der Waals surface area contributed by atoms with Crippen molar-refractivity contribution in [2.24, 2.45) is 5.92 Å². The highest BCUT2D eigenvalue weighted by molar-refractivity contribution is 5.51. The van der Waals surface area contributed by atoms with Gasteiger partial charge in [0.1, 0.15) is 0 Å². The zero-order valence-corrected chi connectivity index (χ0v) is 12.6. The molecule has 20 heavy (non-hydrogen) atoms. The molecular formula is C19H27N. The van der Waals surface area contributed by atoms with E-state index in [1.54, 1.807) is 5.57 Å². The van der Waals surface area contributed by atoms with Gasteiger partial charge in [0.2, 0.25) is 0 Å². The third-order valence-corrected chi connectivity index (χ3v) is 4.11. The second kappa shape index (κ2) is 8.76. The first-order valence-electron chi connectivity index (χ1n) is 8.03. The van der Waals surface area contributed by atoms with E-state index in [0.29, 0.717) is 0 Å². The zero-order chi connectivity index (χ0) is 14.0. The summed E-state index contributed by atoms with van der Waals surface area (Å²) in [4.78, 5) is 0. The highest BCUT2D eigenvalue weighted by Gasteiger charge is 2.16. The summed E-state index contributed by atoms with van der Waals surface area (Å²) in [6, 6.07) is 10.5. The van der Waals surface area contributed by atoms with Crippen LogP contribution in [-0.4, -0.2) is 13.1 Å². The van der Waals surface area contributed by atoms with E-state index < -0.39 is 0 Å². The first-order valence-corrected chi connectivity index (χ1v) is 8.03. The van der Waals surface area contributed by atoms with Crippen LogP contribution in [0.4, 0.5) is 0 Å². The first kappa shape index (κ1) is 15.1. The fourth-order valence-electron chi connectivity index (χ4n) is 2.93. The van der Waals surface area contributed by atoms with Crippen molar-refractivity contribution in [3.05, 3.63) is 53.6 Å². The van der Waals surface area contributed by atoms with Crippen LogP contribution < -0.4 is 5.32 Å². The quantitative estimate of drug-likeness (QED) is 0.730. The molecule has 0 spiro atoms. The van der Waals surface area contributed by atoms with Crippen molar-refractivity contribution in [2.45, 2.75) is 39.0 Å². The Hall–Kier alpha value is -1.34. The average Bonchev–Trinajstić information content (AvgIpc) is 2.52. The van der Waals surface area contributed by atoms with Crippen LogP contribution in [0.1, 0.15) is 44.6 Å². The van der Waals surface area contributed by atoms with Crippen molar-refractivity contribution < 1.29 is 0 Å². The summed E-state index contributed by atoms with van der Waals surface area (Å²) in [5.41, 5.74) is 2.86. The van der Waals surface area contributed by atoms with Gasteiger partial charge in [-0.1, -0.05) is 80.3 Å². The summed E-state index contributed by atoms with van der Waals surface area (Å²) in [7, 11) is 0. The Kier molecular flexibility index (Phi) is 6.59. The smallest absolute Gasteiger partial charge is 0.0170 e. The summed E-state index contributed by atoms with van der Waals surface area (Å²) >= 11 is 0. The van der Waals surface area contributed by atoms with E-state index in [9.17, 15) is 0 Å². The predicted octanol–water partition coefficient (Wildman–Crippen LogP) is 4.82. The summed E-state index contributed by atoms with van der Waals surface area (Å²) in [5.74, 6) is 0.795. The topological polar surface area (TPSA) is 12.0 Å². The van der Waals surface area contributed by atoms with Gasteiger partial charge < -0.3 is 5.32 Å². The Bertz CT molecular complexity index is 424. The molecule has 0 unspecified atom stereocenters. The summed E-state index contributed by atoms with van der Waals surface area (Å²) in [6.07, 6.45) is 13.7. The van der Waals surface area contributed by atoms with Gasteiger partial charge >= 0.3 is 0 Å². The molecule has 108 valence electrons. The Balaban J connectivity index is 2.01. The number of likely N-dealkylation sites (N-methyl/N-ethyl adjacent to an activating group) is 1. The van der Waals surface area contributed by atoms with Gasteiger partial charge in [0.15, 0.2) is 0 Å². The SMILES string of the molecule is CCNCC(=CC=Cc1ccccc1)C1CCCCC1. The second-order valence-corrected chi connectivity index (χ2v) is 5.63. The standard InChI is InChI=1S/C19H27N/c1-2-20-16-19(18-13-7-4-8-14-18)15-9-12-17-10-5-3-6-11-17/h3,5-6,9-12,15,18,20H,2,4,7-8,13-14,16H2,1H3. The molecule has 1 aliphatic rings. The molecule has 2 rings (SSSR count). The van der Waals surface area contributed by atoms with E-state index in [1.165, 1.54) is 37.7 Å². The fourth-order valence-corrected chi connectivity index (χ4v) is 2.93. The largest absolute Gasteiger partial charge is 0.313 e. The van der Waals surface area contributed by atoms with Gasteiger partial charge in [0.05, 0.1) is 0 Å². The van der Waals surface area contributed by atoms with Crippen LogP contribution in [0, 0.1) is 5.92 Å². The molecule has 0 bridgehead atoms. The Labute approximate surface area is 123 Å². The van der Waals surface area contributed by atoms with Gasteiger partial charge in [-0.3, -0.25) is 0 Å². The van der Waals surface area contributed by atoms with E-state index in [2.05, 4.69) is 60.8 Å². The summed E-state index contributed by atoms with van der Waals surface area (Å²) < 4.78 is 0. The number of hydrogen-bond donors (Lipinski definition) is 1. The number of benzene rings is 1. The summed E-state index contributed by atoms with van der Waals surface area (Å²) in [5, 5.41) is 3.49. The van der Waals surface area contributed by atoms with Crippen LogP contribution in [0.3, 0.4) is 0 Å². The van der Waals surface area contributed by atoms with Crippen LogP contribution in [0.5, 0.6) is 0 Å². The molecule has 1 aliphatic carbocycles. The van der Waals surface area contributed by atoms with Crippen molar-refractivity contribution in [3.8, 4) is 0 Å². The molecule has 0 aromatic heterocycles. The molecule has 0 saturated heterocycles. The van der Waals surface area contributed by atoms with Crippen LogP contribution in [-0.2, 0) is 0 Å². The van der Waals surface area contributed by atoms with Crippen molar-refractivity contribution in [2.75, 3.05) is 13.1 Å². The Morgan fingerprint density at radius 2 is 1.90 bits per heavy atom. The number of hydrogen-bond acceptors (Lipinski definition) is 1. The van der Waals surface area contributed by atoms with Gasteiger partial charge in [-0.05, 0) is 30.9 Å². The molecule has 0 amide bonds. The average molecular weight is 269 g/mol. The molecule has 1 saturated carbocycles. The van der Waals surface area contributed by atoms with Gasteiger partial charge in [0.25, 0.3) is 0 Å². The third kappa shape index (κ3) is 4.97. The normalized spacial score (nSPS) is 17.8. The Morgan fingerprint density at radius 3 is 2.60 bits per heavy atom. The minimum absolute atomic E-state index is 0.795. The van der Waals surface area contributed by atoms with Crippen LogP contribution in [0.15, 0.2) is 48.1 Å². The lowest BCUT2D eigenvalue weighted by molar-refractivity contribution is 0.395. The molecule has 1 nitrogen and oxygen atoms in total. The maximum atomic E-state index is 3.49. The molecule has 1 aromatic carbocycles. The lowest BCUT2D eigenvalue weighted by Crippen LogP contribution is -2.22. The molecule has 1 aromatic rings. The molecule has 1 heteroatoms. The van der Waals surface area contributed by atoms with Gasteiger partial charge in [-0.15, -0.1) is 0 Å². The molecular weight excluding hydrogens is 242 g/mol. The molecule has 0 aliphatic heterocycles. The van der Waals surface area contributed by atoms with Crippen LogP contribution in [0.25, 0.3) is 6.08 Å². The van der Waals surface area contributed by atoms with Gasteiger partial charge in [0, 0.05) is 6.54 Å². The summed E-state index contributed by atoms with van der Waals surface area (Å²) in [6.45, 7) is 4.27. The van der Waals surface area contributed by atoms with Crippen molar-refractivity contribution in [3.63, 3.8) is 0 Å². The van der Waals surface area contributed by atoms with E-state index >= 15 is 0 Å². The van der Waals surface area contributed by atoms with Crippen molar-refractivity contribution in [1.82, 2.24) is 5.32 Å². The predicted molar refractivity (Wildman–Crippen MR) is 88.7 cm³/mol. The van der Waals surface area contributed by atoms with E-state index in [0.717, 1.165) is 19.0 Å². The monoisotopic (exact) mass is 269 g/mol. The van der Waals surface area contributed by atoms with E-state index in [-0.39, 0.29) is 0 Å². The van der Waals surface area contributed by atoms with Crippen LogP contribution >= 0.6 is 0 Å². The zero-order valence-electron chi connectivity index (χ0n) is 12.6. The third-order valence-electron chi connectivity index (χ3n) is 4.11. The highest BCUT2D eigenvalue weighted by atomic mass is 14.8. The second-order valence-electron chi connectivity index (χ2n) is 5.63. The number of rotatable bonds is 6. The Morgan fingerprint density at radius 1 is 1.15 bits per heavy atom. The number of nitrogens with one attached hydrogen (secondary N) is 1. The molecule has 0 radical (unpaired) electrons. The maximum Gasteiger partial charge on any atom is 0.0170 e.